The Kier molecular flexibility index (Phi) is 3.36. The van der Waals surface area contributed by atoms with Gasteiger partial charge in [0.2, 0.25) is 0 Å². The molecule has 16 heavy (non-hydrogen) atoms. The van der Waals surface area contributed by atoms with Gasteiger partial charge in [-0.3, -0.25) is 4.90 Å². The second-order valence-corrected chi connectivity index (χ2v) is 5.19. The van der Waals surface area contributed by atoms with Gasteiger partial charge in [0.1, 0.15) is 0 Å². The number of benzene rings is 1. The molecule has 0 amide bonds. The maximum atomic E-state index is 3.53. The molecular formula is C13H17BrN2. The van der Waals surface area contributed by atoms with Gasteiger partial charge in [0, 0.05) is 10.7 Å². The Hall–Kier alpha value is -0.800. The van der Waals surface area contributed by atoms with E-state index in [1.54, 1.807) is 0 Å². The molecule has 2 aromatic rings. The highest BCUT2D eigenvalue weighted by atomic mass is 79.9. The maximum absolute atomic E-state index is 3.53. The summed E-state index contributed by atoms with van der Waals surface area (Å²) >= 11 is 3.53. The summed E-state index contributed by atoms with van der Waals surface area (Å²) in [5, 5.41) is 1.29. The number of aromatic nitrogens is 1. The highest BCUT2D eigenvalue weighted by Gasteiger charge is 2.13. The number of hydrogen-bond acceptors (Lipinski definition) is 1. The molecular weight excluding hydrogens is 264 g/mol. The third-order valence-corrected chi connectivity index (χ3v) is 3.46. The molecule has 1 heterocycles. The number of rotatable bonds is 3. The van der Waals surface area contributed by atoms with Crippen molar-refractivity contribution in [2.45, 2.75) is 19.5 Å². The minimum atomic E-state index is 0.423. The van der Waals surface area contributed by atoms with E-state index in [2.05, 4.69) is 76.9 Å². The summed E-state index contributed by atoms with van der Waals surface area (Å²) in [4.78, 5) is 2.25. The molecule has 0 fully saturated rings. The fourth-order valence-electron chi connectivity index (χ4n) is 2.19. The minimum Gasteiger partial charge on any atom is -0.331 e. The predicted octanol–water partition coefficient (Wildman–Crippen LogP) is 3.87. The van der Waals surface area contributed by atoms with E-state index >= 15 is 0 Å². The van der Waals surface area contributed by atoms with Crippen molar-refractivity contribution in [1.29, 1.82) is 0 Å². The van der Waals surface area contributed by atoms with Gasteiger partial charge in [0.15, 0.2) is 0 Å². The summed E-state index contributed by atoms with van der Waals surface area (Å²) in [6.45, 7) is 2.22. The molecule has 0 spiro atoms. The van der Waals surface area contributed by atoms with E-state index in [4.69, 9.17) is 0 Å². The van der Waals surface area contributed by atoms with Crippen LogP contribution in [0.15, 0.2) is 34.9 Å². The number of fused-ring (bicyclic) bond motifs is 1. The first-order valence-corrected chi connectivity index (χ1v) is 6.35. The van der Waals surface area contributed by atoms with E-state index in [1.807, 2.05) is 0 Å². The molecule has 2 nitrogen and oxygen atoms in total. The normalized spacial score (nSPS) is 13.6. The van der Waals surface area contributed by atoms with Crippen LogP contribution in [-0.2, 0) is 0 Å². The Bertz CT molecular complexity index is 488. The standard InChI is InChI=1S/C13H17BrN2/c1-4-13(15(2)3)16-8-7-10-5-6-11(14)9-12(10)16/h5-9,13H,4H2,1-3H3. The van der Waals surface area contributed by atoms with Crippen LogP contribution in [0.5, 0.6) is 0 Å². The van der Waals surface area contributed by atoms with Crippen LogP contribution in [0, 0.1) is 0 Å². The van der Waals surface area contributed by atoms with Crippen molar-refractivity contribution in [3.05, 3.63) is 34.9 Å². The van der Waals surface area contributed by atoms with E-state index < -0.39 is 0 Å². The van der Waals surface area contributed by atoms with E-state index in [1.165, 1.54) is 10.9 Å². The average molecular weight is 281 g/mol. The molecule has 0 saturated carbocycles. The highest BCUT2D eigenvalue weighted by Crippen LogP contribution is 2.25. The second-order valence-electron chi connectivity index (χ2n) is 4.28. The SMILES string of the molecule is CCC(N(C)C)n1ccc2ccc(Br)cc21. The Morgan fingerprint density at radius 3 is 2.69 bits per heavy atom. The number of nitrogens with zero attached hydrogens (tertiary/aromatic N) is 2. The van der Waals surface area contributed by atoms with E-state index in [-0.39, 0.29) is 0 Å². The molecule has 1 atom stereocenters. The zero-order chi connectivity index (χ0) is 11.7. The summed E-state index contributed by atoms with van der Waals surface area (Å²) in [6, 6.07) is 8.59. The van der Waals surface area contributed by atoms with Gasteiger partial charge in [0.05, 0.1) is 11.7 Å². The lowest BCUT2D eigenvalue weighted by molar-refractivity contribution is 0.216. The zero-order valence-electron chi connectivity index (χ0n) is 9.94. The van der Waals surface area contributed by atoms with Gasteiger partial charge in [-0.1, -0.05) is 28.9 Å². The molecule has 0 aliphatic rings. The topological polar surface area (TPSA) is 8.17 Å². The summed E-state index contributed by atoms with van der Waals surface area (Å²) < 4.78 is 3.47. The summed E-state index contributed by atoms with van der Waals surface area (Å²) in [5.41, 5.74) is 1.29. The number of hydrogen-bond donors (Lipinski definition) is 0. The molecule has 0 N–H and O–H groups in total. The zero-order valence-corrected chi connectivity index (χ0v) is 11.5. The van der Waals surface area contributed by atoms with Crippen molar-refractivity contribution in [3.63, 3.8) is 0 Å². The van der Waals surface area contributed by atoms with Gasteiger partial charge in [-0.25, -0.2) is 0 Å². The molecule has 0 aliphatic heterocycles. The third-order valence-electron chi connectivity index (χ3n) is 2.97. The predicted molar refractivity (Wildman–Crippen MR) is 72.7 cm³/mol. The molecule has 0 aliphatic carbocycles. The van der Waals surface area contributed by atoms with Crippen LogP contribution >= 0.6 is 15.9 Å². The van der Waals surface area contributed by atoms with Gasteiger partial charge in [0.25, 0.3) is 0 Å². The van der Waals surface area contributed by atoms with Gasteiger partial charge in [-0.15, -0.1) is 0 Å². The fraction of sp³-hybridized carbons (Fsp3) is 0.385. The maximum Gasteiger partial charge on any atom is 0.0856 e. The van der Waals surface area contributed by atoms with Gasteiger partial charge in [-0.2, -0.15) is 0 Å². The van der Waals surface area contributed by atoms with Crippen LogP contribution < -0.4 is 0 Å². The first kappa shape index (κ1) is 11.7. The first-order chi connectivity index (χ1) is 7.63. The van der Waals surface area contributed by atoms with Gasteiger partial charge >= 0.3 is 0 Å². The van der Waals surface area contributed by atoms with E-state index in [0.717, 1.165) is 10.9 Å². The summed E-state index contributed by atoms with van der Waals surface area (Å²) in [7, 11) is 4.25. The average Bonchev–Trinajstić information content (AvgIpc) is 2.62. The first-order valence-electron chi connectivity index (χ1n) is 5.56. The fourth-order valence-corrected chi connectivity index (χ4v) is 2.54. The molecule has 86 valence electrons. The Morgan fingerprint density at radius 1 is 1.31 bits per heavy atom. The number of halogens is 1. The van der Waals surface area contributed by atoms with Crippen LogP contribution in [0.3, 0.4) is 0 Å². The van der Waals surface area contributed by atoms with Crippen molar-refractivity contribution in [1.82, 2.24) is 9.47 Å². The van der Waals surface area contributed by atoms with E-state index in [0.29, 0.717) is 6.17 Å². The molecule has 1 unspecified atom stereocenters. The van der Waals surface area contributed by atoms with Crippen LogP contribution in [-0.4, -0.2) is 23.6 Å². The molecule has 2 rings (SSSR count). The van der Waals surface area contributed by atoms with Crippen molar-refractivity contribution in [3.8, 4) is 0 Å². The molecule has 1 aromatic carbocycles. The Morgan fingerprint density at radius 2 is 2.06 bits per heavy atom. The largest absolute Gasteiger partial charge is 0.331 e. The monoisotopic (exact) mass is 280 g/mol. The van der Waals surface area contributed by atoms with Crippen LogP contribution in [0.2, 0.25) is 0 Å². The van der Waals surface area contributed by atoms with Crippen LogP contribution in [0.1, 0.15) is 19.5 Å². The lowest BCUT2D eigenvalue weighted by atomic mass is 10.2. The molecule has 1 aromatic heterocycles. The van der Waals surface area contributed by atoms with Crippen LogP contribution in [0.25, 0.3) is 10.9 Å². The van der Waals surface area contributed by atoms with E-state index in [9.17, 15) is 0 Å². The smallest absolute Gasteiger partial charge is 0.0856 e. The third kappa shape index (κ3) is 2.02. The summed E-state index contributed by atoms with van der Waals surface area (Å²) in [5.74, 6) is 0. The van der Waals surface area contributed by atoms with Gasteiger partial charge < -0.3 is 4.57 Å². The van der Waals surface area contributed by atoms with Crippen molar-refractivity contribution in [2.75, 3.05) is 14.1 Å². The van der Waals surface area contributed by atoms with Gasteiger partial charge in [-0.05, 0) is 44.1 Å². The minimum absolute atomic E-state index is 0.423. The lowest BCUT2D eigenvalue weighted by Crippen LogP contribution is -2.24. The Labute approximate surface area is 105 Å². The van der Waals surface area contributed by atoms with Crippen molar-refractivity contribution < 1.29 is 0 Å². The lowest BCUT2D eigenvalue weighted by Gasteiger charge is -2.25. The molecule has 3 heteroatoms. The quantitative estimate of drug-likeness (QED) is 0.829. The molecule has 0 saturated heterocycles. The summed E-state index contributed by atoms with van der Waals surface area (Å²) in [6.07, 6.45) is 3.70. The van der Waals surface area contributed by atoms with Crippen LogP contribution in [0.4, 0.5) is 0 Å². The Balaban J connectivity index is 2.55. The van der Waals surface area contributed by atoms with Crippen molar-refractivity contribution in [2.24, 2.45) is 0 Å². The highest BCUT2D eigenvalue weighted by molar-refractivity contribution is 9.10. The molecule has 0 radical (unpaired) electrons. The second kappa shape index (κ2) is 4.60. The van der Waals surface area contributed by atoms with Crippen molar-refractivity contribution >= 4 is 26.8 Å². The molecule has 0 bridgehead atoms.